The number of aromatic nitrogens is 4. The predicted octanol–water partition coefficient (Wildman–Crippen LogP) is 1.11. The van der Waals surface area contributed by atoms with Crippen molar-refractivity contribution < 1.29 is 15.1 Å². The maximum absolute atomic E-state index is 9.43. The van der Waals surface area contributed by atoms with Crippen LogP contribution in [-0.2, 0) is 6.61 Å². The van der Waals surface area contributed by atoms with Crippen LogP contribution in [0.15, 0.2) is 48.9 Å². The Morgan fingerprint density at radius 3 is 2.50 bits per heavy atom. The molecular formula is C13H12N4O3. The molecule has 0 fully saturated rings. The summed E-state index contributed by atoms with van der Waals surface area (Å²) in [6.45, 7) is 0.169. The lowest BCUT2D eigenvalue weighted by atomic mass is 10.3. The fourth-order valence-electron chi connectivity index (χ4n) is 1.72. The van der Waals surface area contributed by atoms with Gasteiger partial charge in [0.1, 0.15) is 6.61 Å². The van der Waals surface area contributed by atoms with E-state index in [2.05, 4.69) is 10.1 Å². The Kier molecular flexibility index (Phi) is 3.00. The van der Waals surface area contributed by atoms with Crippen molar-refractivity contribution in [3.05, 3.63) is 54.5 Å². The van der Waals surface area contributed by atoms with Gasteiger partial charge in [0.25, 0.3) is 0 Å². The van der Waals surface area contributed by atoms with E-state index in [-0.39, 0.29) is 18.4 Å². The maximum atomic E-state index is 9.43. The minimum absolute atomic E-state index is 0.163. The Hall–Kier alpha value is -2.96. The number of hydrogen-bond donors (Lipinski definition) is 2. The Morgan fingerprint density at radius 1 is 1.10 bits per heavy atom. The number of rotatable bonds is 4. The van der Waals surface area contributed by atoms with E-state index >= 15 is 0 Å². The summed E-state index contributed by atoms with van der Waals surface area (Å²) in [4.78, 5) is 9.53. The van der Waals surface area contributed by atoms with Crippen LogP contribution in [0.4, 0.5) is 0 Å². The van der Waals surface area contributed by atoms with Gasteiger partial charge in [0, 0.05) is 36.3 Å². The zero-order valence-electron chi connectivity index (χ0n) is 10.4. The summed E-state index contributed by atoms with van der Waals surface area (Å²) in [6.07, 6.45) is 5.12. The lowest BCUT2D eigenvalue weighted by Gasteiger charge is -2.09. The molecule has 0 atom stereocenters. The van der Waals surface area contributed by atoms with E-state index in [1.165, 1.54) is 12.1 Å². The Morgan fingerprint density at radius 2 is 1.90 bits per heavy atom. The van der Waals surface area contributed by atoms with Gasteiger partial charge in [0.05, 0.1) is 0 Å². The predicted molar refractivity (Wildman–Crippen MR) is 69.4 cm³/mol. The molecule has 0 saturated heterocycles. The highest BCUT2D eigenvalue weighted by Crippen LogP contribution is 2.19. The first-order chi connectivity index (χ1) is 9.74. The quantitative estimate of drug-likeness (QED) is 0.743. The molecule has 0 unspecified atom stereocenters. The van der Waals surface area contributed by atoms with Gasteiger partial charge < -0.3 is 15.1 Å². The molecule has 2 N–H and O–H groups in total. The van der Waals surface area contributed by atoms with E-state index < -0.39 is 0 Å². The summed E-state index contributed by atoms with van der Waals surface area (Å²) < 4.78 is 2.59. The van der Waals surface area contributed by atoms with Crippen molar-refractivity contribution >= 4 is 0 Å². The second-order valence-electron chi connectivity index (χ2n) is 4.09. The molecule has 20 heavy (non-hydrogen) atoms. The van der Waals surface area contributed by atoms with E-state index in [9.17, 15) is 10.2 Å². The van der Waals surface area contributed by atoms with E-state index in [0.29, 0.717) is 5.82 Å². The van der Waals surface area contributed by atoms with Gasteiger partial charge in [-0.3, -0.25) is 0 Å². The first kappa shape index (κ1) is 12.1. The van der Waals surface area contributed by atoms with Crippen LogP contribution in [0.1, 0.15) is 5.56 Å². The van der Waals surface area contributed by atoms with Gasteiger partial charge in [0.2, 0.25) is 11.8 Å². The lowest BCUT2D eigenvalue weighted by molar-refractivity contribution is 0.0642. The number of hydrogen-bond acceptors (Lipinski definition) is 5. The van der Waals surface area contributed by atoms with Crippen LogP contribution >= 0.6 is 0 Å². The van der Waals surface area contributed by atoms with Crippen molar-refractivity contribution in [2.75, 3.05) is 0 Å². The molecule has 0 saturated carbocycles. The van der Waals surface area contributed by atoms with Crippen LogP contribution in [0.25, 0.3) is 5.82 Å². The van der Waals surface area contributed by atoms with Crippen LogP contribution in [0.2, 0.25) is 0 Å². The lowest BCUT2D eigenvalue weighted by Crippen LogP contribution is -2.10. The maximum Gasteiger partial charge on any atom is 0.229 e. The van der Waals surface area contributed by atoms with E-state index in [1.807, 2.05) is 12.1 Å². The third-order valence-electron chi connectivity index (χ3n) is 2.71. The van der Waals surface area contributed by atoms with Gasteiger partial charge in [-0.05, 0) is 12.1 Å². The fraction of sp³-hybridized carbons (Fsp3) is 0.0769. The highest BCUT2D eigenvalue weighted by Gasteiger charge is 2.07. The summed E-state index contributed by atoms with van der Waals surface area (Å²) in [7, 11) is 0. The molecule has 3 aromatic rings. The van der Waals surface area contributed by atoms with Gasteiger partial charge in [-0.25, -0.2) is 9.67 Å². The zero-order valence-corrected chi connectivity index (χ0v) is 10.4. The molecule has 3 heterocycles. The van der Waals surface area contributed by atoms with Crippen molar-refractivity contribution in [3.8, 4) is 17.6 Å². The second-order valence-corrected chi connectivity index (χ2v) is 4.09. The number of aromatic hydroxyl groups is 2. The summed E-state index contributed by atoms with van der Waals surface area (Å²) in [5, 5.41) is 22.9. The summed E-state index contributed by atoms with van der Waals surface area (Å²) >= 11 is 0. The molecule has 0 aliphatic heterocycles. The average Bonchev–Trinajstić information content (AvgIpc) is 3.09. The molecule has 0 aliphatic carbocycles. The first-order valence-corrected chi connectivity index (χ1v) is 5.92. The van der Waals surface area contributed by atoms with Crippen molar-refractivity contribution in [3.63, 3.8) is 0 Å². The molecule has 0 amide bonds. The van der Waals surface area contributed by atoms with Crippen LogP contribution in [0, 0.1) is 0 Å². The van der Waals surface area contributed by atoms with Crippen LogP contribution in [0.5, 0.6) is 11.8 Å². The van der Waals surface area contributed by atoms with Crippen LogP contribution in [0.3, 0.4) is 0 Å². The minimum Gasteiger partial charge on any atom is -0.492 e. The van der Waals surface area contributed by atoms with E-state index in [1.54, 1.807) is 29.3 Å². The van der Waals surface area contributed by atoms with E-state index in [0.717, 1.165) is 10.3 Å². The molecule has 0 bridgehead atoms. The molecule has 3 rings (SSSR count). The number of pyridine rings is 1. The molecule has 102 valence electrons. The summed E-state index contributed by atoms with van der Waals surface area (Å²) in [5.74, 6) is 0.373. The largest absolute Gasteiger partial charge is 0.492 e. The summed E-state index contributed by atoms with van der Waals surface area (Å²) in [5.41, 5.74) is 0.799. The molecule has 0 radical (unpaired) electrons. The molecular weight excluding hydrogens is 260 g/mol. The molecule has 7 nitrogen and oxygen atoms in total. The van der Waals surface area contributed by atoms with Gasteiger partial charge in [-0.2, -0.15) is 5.10 Å². The Balaban J connectivity index is 1.70. The highest BCUT2D eigenvalue weighted by atomic mass is 16.7. The van der Waals surface area contributed by atoms with Crippen LogP contribution in [-0.4, -0.2) is 29.7 Å². The van der Waals surface area contributed by atoms with Gasteiger partial charge >= 0.3 is 0 Å². The topological polar surface area (TPSA) is 85.3 Å². The monoisotopic (exact) mass is 272 g/mol. The zero-order chi connectivity index (χ0) is 13.9. The fourth-order valence-corrected chi connectivity index (χ4v) is 1.72. The smallest absolute Gasteiger partial charge is 0.229 e. The standard InChI is InChI=1S/C13H12N4O3/c18-12-4-5-13(19)17(12)20-9-10-2-3-11(14-8-10)16-7-1-6-15-16/h1-8,18-19H,9H2. The van der Waals surface area contributed by atoms with Crippen molar-refractivity contribution in [2.24, 2.45) is 0 Å². The van der Waals surface area contributed by atoms with E-state index in [4.69, 9.17) is 4.84 Å². The molecule has 0 aromatic carbocycles. The molecule has 0 aliphatic rings. The number of nitrogens with zero attached hydrogens (tertiary/aromatic N) is 4. The van der Waals surface area contributed by atoms with Gasteiger partial charge in [-0.1, -0.05) is 6.07 Å². The molecule has 0 spiro atoms. The third kappa shape index (κ3) is 2.28. The minimum atomic E-state index is -0.163. The molecule has 3 aromatic heterocycles. The highest BCUT2D eigenvalue weighted by molar-refractivity contribution is 5.25. The second kappa shape index (κ2) is 4.96. The van der Waals surface area contributed by atoms with Crippen molar-refractivity contribution in [1.29, 1.82) is 0 Å². The average molecular weight is 272 g/mol. The van der Waals surface area contributed by atoms with Gasteiger partial charge in [-0.15, -0.1) is 4.73 Å². The SMILES string of the molecule is Oc1ccc(O)n1OCc1ccc(-n2cccn2)nc1. The normalized spacial score (nSPS) is 10.6. The van der Waals surface area contributed by atoms with Crippen LogP contribution < -0.4 is 4.84 Å². The Bertz CT molecular complexity index is 669. The first-order valence-electron chi connectivity index (χ1n) is 5.92. The van der Waals surface area contributed by atoms with Gasteiger partial charge in [0.15, 0.2) is 5.82 Å². The molecule has 7 heteroatoms. The third-order valence-corrected chi connectivity index (χ3v) is 2.71. The Labute approximate surface area is 114 Å². The van der Waals surface area contributed by atoms with Crippen molar-refractivity contribution in [2.45, 2.75) is 6.61 Å². The van der Waals surface area contributed by atoms with Crippen molar-refractivity contribution in [1.82, 2.24) is 19.5 Å². The summed E-state index contributed by atoms with van der Waals surface area (Å²) in [6, 6.07) is 8.14.